The van der Waals surface area contributed by atoms with Gasteiger partial charge < -0.3 is 16.0 Å². The third kappa shape index (κ3) is 6.48. The third-order valence-corrected chi connectivity index (χ3v) is 8.41. The molecule has 0 radical (unpaired) electrons. The molecular formula is C32H38ClN7O2. The second-order valence-electron chi connectivity index (χ2n) is 11.3. The van der Waals surface area contributed by atoms with E-state index < -0.39 is 0 Å². The Morgan fingerprint density at radius 3 is 2.62 bits per heavy atom. The van der Waals surface area contributed by atoms with E-state index >= 15 is 0 Å². The molecule has 4 heterocycles. The number of imide groups is 1. The summed E-state index contributed by atoms with van der Waals surface area (Å²) in [6.07, 6.45) is 7.97. The molecule has 220 valence electrons. The van der Waals surface area contributed by atoms with E-state index in [4.69, 9.17) is 5.73 Å². The molecule has 0 spiro atoms. The van der Waals surface area contributed by atoms with E-state index in [-0.39, 0.29) is 30.3 Å². The number of nitrogens with one attached hydrogen (secondary N) is 2. The lowest BCUT2D eigenvalue weighted by molar-refractivity contribution is -0.133. The number of likely N-dealkylation sites (tertiary alicyclic amines) is 1. The lowest BCUT2D eigenvalue weighted by Gasteiger charge is -2.39. The monoisotopic (exact) mass is 587 g/mol. The van der Waals surface area contributed by atoms with Gasteiger partial charge in [0.25, 0.3) is 0 Å². The molecule has 2 aromatic carbocycles. The molecule has 1 unspecified atom stereocenters. The predicted molar refractivity (Wildman–Crippen MR) is 167 cm³/mol. The number of aryl methyl sites for hydroxylation is 2. The molecule has 0 aliphatic carbocycles. The van der Waals surface area contributed by atoms with Gasteiger partial charge in [-0.3, -0.25) is 14.9 Å². The van der Waals surface area contributed by atoms with Crippen LogP contribution >= 0.6 is 12.4 Å². The summed E-state index contributed by atoms with van der Waals surface area (Å²) in [5.74, 6) is 0.115. The minimum absolute atomic E-state index is 0. The number of hydrogen-bond donors (Lipinski definition) is 3. The molecule has 0 saturated carbocycles. The second kappa shape index (κ2) is 13.0. The van der Waals surface area contributed by atoms with Crippen molar-refractivity contribution in [3.8, 4) is 11.3 Å². The van der Waals surface area contributed by atoms with Crippen molar-refractivity contribution in [1.82, 2.24) is 24.8 Å². The first-order valence-electron chi connectivity index (χ1n) is 14.5. The zero-order valence-corrected chi connectivity index (χ0v) is 24.7. The van der Waals surface area contributed by atoms with Gasteiger partial charge >= 0.3 is 0 Å². The molecule has 2 amide bonds. The molecule has 42 heavy (non-hydrogen) atoms. The maximum absolute atomic E-state index is 12.0. The number of piperidine rings is 1. The summed E-state index contributed by atoms with van der Waals surface area (Å²) in [6.45, 7) is 5.90. The van der Waals surface area contributed by atoms with Gasteiger partial charge in [0.1, 0.15) is 12.4 Å². The van der Waals surface area contributed by atoms with Crippen LogP contribution in [0.2, 0.25) is 0 Å². The topological polar surface area (TPSA) is 118 Å². The van der Waals surface area contributed by atoms with Gasteiger partial charge in [-0.2, -0.15) is 5.10 Å². The Bertz CT molecular complexity index is 1560. The van der Waals surface area contributed by atoms with Gasteiger partial charge in [-0.25, -0.2) is 9.50 Å². The molecule has 4 N–H and O–H groups in total. The number of benzene rings is 2. The molecule has 2 aromatic heterocycles. The fourth-order valence-electron chi connectivity index (χ4n) is 5.93. The van der Waals surface area contributed by atoms with Crippen LogP contribution in [-0.2, 0) is 22.6 Å². The number of aromatic nitrogens is 3. The number of halogens is 1. The lowest BCUT2D eigenvalue weighted by atomic mass is 9.91. The van der Waals surface area contributed by atoms with Gasteiger partial charge in [0.05, 0.1) is 11.2 Å². The highest BCUT2D eigenvalue weighted by Crippen LogP contribution is 2.29. The Labute approximate surface area is 252 Å². The van der Waals surface area contributed by atoms with Crippen molar-refractivity contribution in [2.45, 2.75) is 57.5 Å². The van der Waals surface area contributed by atoms with E-state index in [1.807, 2.05) is 16.6 Å². The molecule has 2 fully saturated rings. The maximum Gasteiger partial charge on any atom is 0.249 e. The molecule has 2 saturated heterocycles. The first-order valence-corrected chi connectivity index (χ1v) is 14.5. The number of fused-ring (bicyclic) bond motifs is 1. The predicted octanol–water partition coefficient (Wildman–Crippen LogP) is 4.22. The van der Waals surface area contributed by atoms with Crippen molar-refractivity contribution in [2.24, 2.45) is 5.73 Å². The Kier molecular flexibility index (Phi) is 9.21. The number of anilines is 1. The fraction of sp³-hybridized carbons (Fsp3) is 0.375. The smallest absolute Gasteiger partial charge is 0.249 e. The Balaban J connectivity index is 0.00000353. The molecule has 0 bridgehead atoms. The van der Waals surface area contributed by atoms with Crippen molar-refractivity contribution in [3.63, 3.8) is 0 Å². The molecule has 10 heteroatoms. The number of hydrogen-bond acceptors (Lipinski definition) is 7. The molecule has 6 rings (SSSR count). The molecule has 2 aliphatic heterocycles. The summed E-state index contributed by atoms with van der Waals surface area (Å²) in [7, 11) is 0. The van der Waals surface area contributed by atoms with Crippen molar-refractivity contribution in [2.75, 3.05) is 25.0 Å². The van der Waals surface area contributed by atoms with Gasteiger partial charge in [-0.05, 0) is 85.7 Å². The van der Waals surface area contributed by atoms with Gasteiger partial charge in [-0.15, -0.1) is 12.4 Å². The Hall–Kier alpha value is -3.79. The zero-order valence-electron chi connectivity index (χ0n) is 23.9. The van der Waals surface area contributed by atoms with Crippen LogP contribution in [0.25, 0.3) is 16.8 Å². The van der Waals surface area contributed by atoms with Crippen LogP contribution in [0.4, 0.5) is 5.69 Å². The second-order valence-corrected chi connectivity index (χ2v) is 11.3. The average Bonchev–Trinajstić information content (AvgIpc) is 3.37. The Morgan fingerprint density at radius 2 is 1.88 bits per heavy atom. The minimum Gasteiger partial charge on any atom is -0.374 e. The number of unbranched alkanes of at least 4 members (excludes halogenated alkanes) is 1. The summed E-state index contributed by atoms with van der Waals surface area (Å²) in [6, 6.07) is 16.6. The van der Waals surface area contributed by atoms with Crippen LogP contribution in [0, 0.1) is 6.92 Å². The number of rotatable bonds is 10. The van der Waals surface area contributed by atoms with E-state index in [9.17, 15) is 9.59 Å². The van der Waals surface area contributed by atoms with Crippen molar-refractivity contribution >= 4 is 35.4 Å². The highest BCUT2D eigenvalue weighted by atomic mass is 35.5. The number of nitrogens with two attached hydrogens (primary N) is 1. The molecular weight excluding hydrogens is 550 g/mol. The number of carbonyl (C=O) groups is 2. The SMILES string of the molecule is Cc1cc(-c2ncnn3cc(CCCCN4CC(c5ccc(NC6CCC(=O)NC6=O)cc5)C4)cc23)ccc1CN.Cl. The van der Waals surface area contributed by atoms with Crippen molar-refractivity contribution in [3.05, 3.63) is 83.3 Å². The Morgan fingerprint density at radius 1 is 1.07 bits per heavy atom. The number of carbonyl (C=O) groups excluding carboxylic acids is 2. The summed E-state index contributed by atoms with van der Waals surface area (Å²) in [4.78, 5) is 30.5. The van der Waals surface area contributed by atoms with Crippen LogP contribution in [0.1, 0.15) is 53.9 Å². The van der Waals surface area contributed by atoms with Crippen LogP contribution < -0.4 is 16.4 Å². The summed E-state index contributed by atoms with van der Waals surface area (Å²) in [5, 5.41) is 10.1. The van der Waals surface area contributed by atoms with Gasteiger partial charge in [0.15, 0.2) is 0 Å². The third-order valence-electron chi connectivity index (χ3n) is 8.41. The van der Waals surface area contributed by atoms with Gasteiger partial charge in [0, 0.05) is 49.4 Å². The van der Waals surface area contributed by atoms with Crippen LogP contribution in [0.5, 0.6) is 0 Å². The summed E-state index contributed by atoms with van der Waals surface area (Å²) < 4.78 is 1.94. The van der Waals surface area contributed by atoms with Crippen molar-refractivity contribution in [1.29, 1.82) is 0 Å². The summed E-state index contributed by atoms with van der Waals surface area (Å²) in [5.41, 5.74) is 14.8. The molecule has 2 aliphatic rings. The minimum atomic E-state index is -0.351. The first kappa shape index (κ1) is 29.7. The largest absolute Gasteiger partial charge is 0.374 e. The van der Waals surface area contributed by atoms with Crippen LogP contribution in [0.3, 0.4) is 0 Å². The van der Waals surface area contributed by atoms with E-state index in [1.54, 1.807) is 6.33 Å². The highest BCUT2D eigenvalue weighted by Gasteiger charge is 2.28. The van der Waals surface area contributed by atoms with E-state index in [0.717, 1.165) is 66.9 Å². The molecule has 1 atom stereocenters. The van der Waals surface area contributed by atoms with Gasteiger partial charge in [-0.1, -0.05) is 24.3 Å². The van der Waals surface area contributed by atoms with E-state index in [1.165, 1.54) is 16.7 Å². The fourth-order valence-corrected chi connectivity index (χ4v) is 5.93. The summed E-state index contributed by atoms with van der Waals surface area (Å²) >= 11 is 0. The van der Waals surface area contributed by atoms with Crippen molar-refractivity contribution < 1.29 is 9.59 Å². The van der Waals surface area contributed by atoms with E-state index in [0.29, 0.717) is 25.3 Å². The van der Waals surface area contributed by atoms with E-state index in [2.05, 4.69) is 75.1 Å². The first-order chi connectivity index (χ1) is 20.0. The maximum atomic E-state index is 12.0. The number of nitrogens with zero attached hydrogens (tertiary/aromatic N) is 4. The molecule has 9 nitrogen and oxygen atoms in total. The zero-order chi connectivity index (χ0) is 28.3. The molecule has 4 aromatic rings. The average molecular weight is 588 g/mol. The number of amides is 2. The normalized spacial score (nSPS) is 17.5. The highest BCUT2D eigenvalue weighted by molar-refractivity contribution is 6.01. The standard InChI is InChI=1S/C32H37N7O2.ClH/c1-21-14-24(5-6-25(21)16-33)31-29-15-22(17-39(29)35-20-34-31)4-2-3-13-38-18-26(19-38)23-7-9-27(10-8-23)36-28-11-12-30(40)37-32(28)41;/h5-10,14-15,17,20,26,28,36H,2-4,11-13,16,18-19,33H2,1H3,(H,37,40,41);1H. The van der Waals surface area contributed by atoms with Crippen LogP contribution in [-0.4, -0.2) is 57.0 Å². The quantitative estimate of drug-likeness (QED) is 0.188. The van der Waals surface area contributed by atoms with Gasteiger partial charge in [0.2, 0.25) is 11.8 Å². The van der Waals surface area contributed by atoms with Crippen LogP contribution in [0.15, 0.2) is 61.1 Å². The lowest BCUT2D eigenvalue weighted by Crippen LogP contribution is -2.47.